The zero-order chi connectivity index (χ0) is 16.7. The van der Waals surface area contributed by atoms with E-state index in [-0.39, 0.29) is 18.1 Å². The molecule has 2 aromatic rings. The van der Waals surface area contributed by atoms with Crippen molar-refractivity contribution in [1.82, 2.24) is 4.98 Å². The molecule has 1 aromatic carbocycles. The number of nitrogens with one attached hydrogen (secondary N) is 2. The number of hydrogen-bond acceptors (Lipinski definition) is 3. The summed E-state index contributed by atoms with van der Waals surface area (Å²) in [5.74, 6) is 0.674. The number of carbonyl (C=O) groups excluding carboxylic acids is 1. The monoisotopic (exact) mass is 315 g/mol. The highest BCUT2D eigenvalue weighted by Gasteiger charge is 2.05. The Kier molecular flexibility index (Phi) is 6.09. The number of halogens is 1. The molecule has 122 valence electrons. The number of hydrogen-bond donors (Lipinski definition) is 2. The molecule has 0 aliphatic rings. The van der Waals surface area contributed by atoms with Crippen LogP contribution in [0.3, 0.4) is 0 Å². The fraction of sp³-hybridized carbons (Fsp3) is 0.333. The van der Waals surface area contributed by atoms with Crippen LogP contribution in [-0.2, 0) is 11.2 Å². The third-order valence-corrected chi connectivity index (χ3v) is 3.36. The molecule has 23 heavy (non-hydrogen) atoms. The number of aromatic nitrogens is 1. The zero-order valence-corrected chi connectivity index (χ0v) is 13.5. The lowest BCUT2D eigenvalue weighted by Gasteiger charge is -2.09. The van der Waals surface area contributed by atoms with E-state index in [1.807, 2.05) is 6.07 Å². The van der Waals surface area contributed by atoms with E-state index in [1.165, 1.54) is 12.1 Å². The minimum Gasteiger partial charge on any atom is -0.384 e. The summed E-state index contributed by atoms with van der Waals surface area (Å²) in [4.78, 5) is 16.2. The Hall–Kier alpha value is -2.43. The van der Waals surface area contributed by atoms with Crippen LogP contribution in [0.25, 0.3) is 0 Å². The summed E-state index contributed by atoms with van der Waals surface area (Å²) in [6.07, 6.45) is 2.99. The topological polar surface area (TPSA) is 54.0 Å². The Balaban J connectivity index is 1.82. The molecule has 0 aliphatic heterocycles. The van der Waals surface area contributed by atoms with Crippen LogP contribution >= 0.6 is 0 Å². The molecule has 2 N–H and O–H groups in total. The van der Waals surface area contributed by atoms with Crippen LogP contribution in [0.15, 0.2) is 42.6 Å². The van der Waals surface area contributed by atoms with E-state index in [2.05, 4.69) is 29.5 Å². The van der Waals surface area contributed by atoms with Crippen LogP contribution in [0.4, 0.5) is 15.9 Å². The summed E-state index contributed by atoms with van der Waals surface area (Å²) < 4.78 is 12.8. The first-order valence-corrected chi connectivity index (χ1v) is 7.77. The Bertz CT molecular complexity index is 624. The largest absolute Gasteiger partial charge is 0.384 e. The van der Waals surface area contributed by atoms with E-state index in [4.69, 9.17) is 0 Å². The van der Waals surface area contributed by atoms with Crippen LogP contribution in [-0.4, -0.2) is 17.4 Å². The van der Waals surface area contributed by atoms with Gasteiger partial charge in [-0.05, 0) is 42.2 Å². The Morgan fingerprint density at radius 2 is 1.91 bits per heavy atom. The van der Waals surface area contributed by atoms with Crippen molar-refractivity contribution >= 4 is 17.4 Å². The van der Waals surface area contributed by atoms with Crippen LogP contribution in [0, 0.1) is 11.7 Å². The van der Waals surface area contributed by atoms with Crippen LogP contribution in [0.5, 0.6) is 0 Å². The van der Waals surface area contributed by atoms with Gasteiger partial charge in [0.25, 0.3) is 0 Å². The van der Waals surface area contributed by atoms with Crippen molar-refractivity contribution in [3.8, 4) is 0 Å². The zero-order valence-electron chi connectivity index (χ0n) is 13.5. The fourth-order valence-corrected chi connectivity index (χ4v) is 2.05. The van der Waals surface area contributed by atoms with Gasteiger partial charge in [-0.2, -0.15) is 0 Å². The highest BCUT2D eigenvalue weighted by atomic mass is 19.1. The summed E-state index contributed by atoms with van der Waals surface area (Å²) in [5.41, 5.74) is 1.69. The van der Waals surface area contributed by atoms with E-state index >= 15 is 0 Å². The highest BCUT2D eigenvalue weighted by Crippen LogP contribution is 2.11. The quantitative estimate of drug-likeness (QED) is 0.816. The van der Waals surface area contributed by atoms with Crippen LogP contribution in [0.1, 0.15) is 25.8 Å². The van der Waals surface area contributed by atoms with Gasteiger partial charge < -0.3 is 10.6 Å². The SMILES string of the molecule is CC(C)CCNc1ccc(NC(=O)Cc2ccc(F)cc2)nc1. The Morgan fingerprint density at radius 3 is 2.52 bits per heavy atom. The van der Waals surface area contributed by atoms with Gasteiger partial charge in [-0.1, -0.05) is 26.0 Å². The van der Waals surface area contributed by atoms with Crippen LogP contribution < -0.4 is 10.6 Å². The minimum absolute atomic E-state index is 0.176. The van der Waals surface area contributed by atoms with Gasteiger partial charge in [-0.15, -0.1) is 0 Å². The second-order valence-electron chi connectivity index (χ2n) is 5.89. The van der Waals surface area contributed by atoms with Gasteiger partial charge in [0, 0.05) is 6.54 Å². The molecule has 1 heterocycles. The first-order valence-electron chi connectivity index (χ1n) is 7.77. The van der Waals surface area contributed by atoms with Crippen molar-refractivity contribution < 1.29 is 9.18 Å². The molecule has 0 aliphatic carbocycles. The second kappa shape index (κ2) is 8.27. The molecule has 0 saturated carbocycles. The number of rotatable bonds is 7. The van der Waals surface area contributed by atoms with Gasteiger partial charge in [0.2, 0.25) is 5.91 Å². The van der Waals surface area contributed by atoms with Crippen LogP contribution in [0.2, 0.25) is 0 Å². The van der Waals surface area contributed by atoms with E-state index < -0.39 is 0 Å². The molecule has 1 aromatic heterocycles. The molecule has 0 bridgehead atoms. The smallest absolute Gasteiger partial charge is 0.229 e. The molecular formula is C18H22FN3O. The van der Waals surface area contributed by atoms with Crippen molar-refractivity contribution in [2.24, 2.45) is 5.92 Å². The third-order valence-electron chi connectivity index (χ3n) is 3.36. The Morgan fingerprint density at radius 1 is 1.17 bits per heavy atom. The normalized spacial score (nSPS) is 10.6. The molecular weight excluding hydrogens is 293 g/mol. The predicted octanol–water partition coefficient (Wildman–Crippen LogP) is 3.86. The molecule has 0 atom stereocenters. The predicted molar refractivity (Wildman–Crippen MR) is 90.9 cm³/mol. The van der Waals surface area contributed by atoms with Gasteiger partial charge in [-0.25, -0.2) is 9.37 Å². The molecule has 4 nitrogen and oxygen atoms in total. The number of pyridine rings is 1. The number of amides is 1. The lowest BCUT2D eigenvalue weighted by Crippen LogP contribution is -2.15. The van der Waals surface area contributed by atoms with E-state index in [1.54, 1.807) is 24.4 Å². The molecule has 0 spiro atoms. The highest BCUT2D eigenvalue weighted by molar-refractivity contribution is 5.91. The fourth-order valence-electron chi connectivity index (χ4n) is 2.05. The lowest BCUT2D eigenvalue weighted by atomic mass is 10.1. The lowest BCUT2D eigenvalue weighted by molar-refractivity contribution is -0.115. The molecule has 5 heteroatoms. The number of carbonyl (C=O) groups is 1. The molecule has 0 radical (unpaired) electrons. The summed E-state index contributed by atoms with van der Waals surface area (Å²) >= 11 is 0. The maximum absolute atomic E-state index is 12.8. The summed E-state index contributed by atoms with van der Waals surface area (Å²) in [6, 6.07) is 9.55. The van der Waals surface area contributed by atoms with Crippen molar-refractivity contribution in [2.75, 3.05) is 17.2 Å². The maximum atomic E-state index is 12.8. The van der Waals surface area contributed by atoms with Gasteiger partial charge in [0.05, 0.1) is 18.3 Å². The van der Waals surface area contributed by atoms with Gasteiger partial charge in [0.1, 0.15) is 11.6 Å². The molecule has 2 rings (SSSR count). The van der Waals surface area contributed by atoms with Crippen molar-refractivity contribution in [3.05, 3.63) is 54.0 Å². The maximum Gasteiger partial charge on any atom is 0.229 e. The molecule has 0 unspecified atom stereocenters. The molecule has 1 amide bonds. The van der Waals surface area contributed by atoms with Gasteiger partial charge in [0.15, 0.2) is 0 Å². The summed E-state index contributed by atoms with van der Waals surface area (Å²) in [5, 5.41) is 6.03. The number of benzene rings is 1. The molecule has 0 fully saturated rings. The van der Waals surface area contributed by atoms with Gasteiger partial charge in [-0.3, -0.25) is 4.79 Å². The third kappa shape index (κ3) is 6.06. The van der Waals surface area contributed by atoms with Crippen molar-refractivity contribution in [3.63, 3.8) is 0 Å². The van der Waals surface area contributed by atoms with E-state index in [0.29, 0.717) is 11.7 Å². The first-order chi connectivity index (χ1) is 11.0. The Labute approximate surface area is 136 Å². The van der Waals surface area contributed by atoms with Gasteiger partial charge >= 0.3 is 0 Å². The average molecular weight is 315 g/mol. The summed E-state index contributed by atoms with van der Waals surface area (Å²) in [6.45, 7) is 5.26. The van der Waals surface area contributed by atoms with E-state index in [0.717, 1.165) is 24.2 Å². The first kappa shape index (κ1) is 16.9. The minimum atomic E-state index is -0.309. The summed E-state index contributed by atoms with van der Waals surface area (Å²) in [7, 11) is 0. The van der Waals surface area contributed by atoms with E-state index in [9.17, 15) is 9.18 Å². The average Bonchev–Trinajstić information content (AvgIpc) is 2.51. The van der Waals surface area contributed by atoms with Crippen molar-refractivity contribution in [1.29, 1.82) is 0 Å². The number of anilines is 2. The second-order valence-corrected chi connectivity index (χ2v) is 5.89. The standard InChI is InChI=1S/C18H22FN3O/c1-13(2)9-10-20-16-7-8-17(21-12-16)22-18(23)11-14-3-5-15(19)6-4-14/h3-8,12-13,20H,9-11H2,1-2H3,(H,21,22,23). The molecule has 0 saturated heterocycles. The number of nitrogens with zero attached hydrogens (tertiary/aromatic N) is 1. The van der Waals surface area contributed by atoms with Crippen molar-refractivity contribution in [2.45, 2.75) is 26.7 Å².